The molecule has 1 heterocycles. The maximum Gasteiger partial charge on any atom is 0.315 e. The van der Waals surface area contributed by atoms with Crippen LogP contribution in [0.5, 0.6) is 11.5 Å². The van der Waals surface area contributed by atoms with Crippen LogP contribution in [-0.2, 0) is 13.0 Å². The fourth-order valence-electron chi connectivity index (χ4n) is 3.93. The van der Waals surface area contributed by atoms with Gasteiger partial charge in [-0.05, 0) is 43.7 Å². The number of nitro groups is 1. The fraction of sp³-hybridized carbons (Fsp3) is 0.250. The lowest BCUT2D eigenvalue weighted by molar-refractivity contribution is -0.386. The molecule has 0 unspecified atom stereocenters. The Bertz CT molecular complexity index is 1610. The molecule has 0 bridgehead atoms. The van der Waals surface area contributed by atoms with Gasteiger partial charge in [0.1, 0.15) is 18.2 Å². The molecule has 0 atom stereocenters. The number of hydrogen-bond donors (Lipinski definition) is 0. The lowest BCUT2D eigenvalue weighted by Crippen LogP contribution is -2.22. The Morgan fingerprint density at radius 2 is 1.95 bits per heavy atom. The number of fused-ring (bicyclic) bond motifs is 1. The molecule has 0 saturated carbocycles. The summed E-state index contributed by atoms with van der Waals surface area (Å²) in [6.07, 6.45) is 3.58. The van der Waals surface area contributed by atoms with Crippen LogP contribution in [0.3, 0.4) is 0 Å². The Morgan fingerprint density at radius 3 is 2.67 bits per heavy atom. The first-order chi connectivity index (χ1) is 18.8. The largest absolute Gasteiger partial charge is 0.490 e. The molecule has 0 N–H and O–H groups in total. The third-order valence-corrected chi connectivity index (χ3v) is 6.33. The van der Waals surface area contributed by atoms with E-state index in [-0.39, 0.29) is 41.5 Å². The Morgan fingerprint density at radius 1 is 1.15 bits per heavy atom. The molecule has 0 spiro atoms. The summed E-state index contributed by atoms with van der Waals surface area (Å²) >= 11 is 3.38. The number of rotatable bonds is 11. The zero-order valence-electron chi connectivity index (χ0n) is 21.4. The smallest absolute Gasteiger partial charge is 0.315 e. The van der Waals surface area contributed by atoms with E-state index in [0.717, 1.165) is 17.3 Å². The van der Waals surface area contributed by atoms with Crippen molar-refractivity contribution in [3.63, 3.8) is 0 Å². The number of hydrogen-bond acceptors (Lipinski definition) is 7. The van der Waals surface area contributed by atoms with E-state index in [2.05, 4.69) is 26.0 Å². The molecule has 0 aliphatic carbocycles. The first-order valence-corrected chi connectivity index (χ1v) is 13.2. The van der Waals surface area contributed by atoms with E-state index < -0.39 is 10.7 Å². The summed E-state index contributed by atoms with van der Waals surface area (Å²) in [5.41, 5.74) is 0.387. The molecule has 0 saturated heterocycles. The van der Waals surface area contributed by atoms with E-state index in [9.17, 15) is 19.3 Å². The molecule has 202 valence electrons. The maximum atomic E-state index is 14.1. The molecule has 1 aromatic heterocycles. The van der Waals surface area contributed by atoms with Crippen molar-refractivity contribution in [3.8, 4) is 11.5 Å². The molecule has 0 amide bonds. The van der Waals surface area contributed by atoms with Crippen LogP contribution in [0, 0.1) is 15.9 Å². The predicted octanol–water partition coefficient (Wildman–Crippen LogP) is 6.41. The van der Waals surface area contributed by atoms with Gasteiger partial charge >= 0.3 is 5.69 Å². The van der Waals surface area contributed by atoms with Gasteiger partial charge < -0.3 is 9.47 Å². The van der Waals surface area contributed by atoms with Gasteiger partial charge in [0.15, 0.2) is 5.75 Å². The van der Waals surface area contributed by atoms with Crippen LogP contribution in [0.1, 0.15) is 43.6 Å². The topological polar surface area (TPSA) is 109 Å². The third-order valence-electron chi connectivity index (χ3n) is 5.84. The highest BCUT2D eigenvalue weighted by atomic mass is 79.9. The Kier molecular flexibility index (Phi) is 9.03. The maximum absolute atomic E-state index is 14.1. The van der Waals surface area contributed by atoms with Crippen LogP contribution >= 0.6 is 15.9 Å². The molecule has 11 heteroatoms. The average molecular weight is 597 g/mol. The number of ether oxygens (including phenoxy) is 2. The van der Waals surface area contributed by atoms with Crippen LogP contribution in [0.2, 0.25) is 0 Å². The quantitative estimate of drug-likeness (QED) is 0.112. The Labute approximate surface area is 232 Å². The first kappa shape index (κ1) is 27.9. The van der Waals surface area contributed by atoms with Crippen LogP contribution in [0.15, 0.2) is 69.0 Å². The number of unbranched alkanes of at least 4 members (excludes halogenated alkanes) is 1. The Hall–Kier alpha value is -4.12. The Balaban J connectivity index is 1.77. The van der Waals surface area contributed by atoms with Crippen molar-refractivity contribution >= 4 is 38.7 Å². The molecule has 9 nitrogen and oxygen atoms in total. The van der Waals surface area contributed by atoms with Gasteiger partial charge in [-0.2, -0.15) is 9.78 Å². The second kappa shape index (κ2) is 12.6. The summed E-state index contributed by atoms with van der Waals surface area (Å²) < 4.78 is 27.4. The van der Waals surface area contributed by atoms with E-state index in [4.69, 9.17) is 9.47 Å². The van der Waals surface area contributed by atoms with Crippen molar-refractivity contribution in [2.24, 2.45) is 5.10 Å². The summed E-state index contributed by atoms with van der Waals surface area (Å²) in [5.74, 6) is -0.0246. The lowest BCUT2D eigenvalue weighted by atomic mass is 10.1. The molecular formula is C28H26BrFN4O5. The van der Waals surface area contributed by atoms with E-state index >= 15 is 0 Å². The number of aromatic nitrogens is 2. The lowest BCUT2D eigenvalue weighted by Gasteiger charge is -2.13. The molecule has 3 aromatic carbocycles. The zero-order chi connectivity index (χ0) is 27.9. The summed E-state index contributed by atoms with van der Waals surface area (Å²) in [4.78, 5) is 29.3. The number of nitro benzene ring substituents is 1. The van der Waals surface area contributed by atoms with Crippen molar-refractivity contribution in [2.75, 3.05) is 6.61 Å². The molecule has 0 radical (unpaired) electrons. The van der Waals surface area contributed by atoms with Gasteiger partial charge in [0.2, 0.25) is 5.75 Å². The normalized spacial score (nSPS) is 11.3. The first-order valence-electron chi connectivity index (χ1n) is 12.4. The van der Waals surface area contributed by atoms with Crippen LogP contribution in [0.25, 0.3) is 10.9 Å². The van der Waals surface area contributed by atoms with Gasteiger partial charge in [-0.1, -0.05) is 47.5 Å². The van der Waals surface area contributed by atoms with E-state index in [1.807, 2.05) is 13.0 Å². The van der Waals surface area contributed by atoms with Gasteiger partial charge in [0.25, 0.3) is 5.56 Å². The van der Waals surface area contributed by atoms with Crippen molar-refractivity contribution in [3.05, 3.63) is 102 Å². The molecule has 0 aliphatic rings. The number of benzene rings is 3. The summed E-state index contributed by atoms with van der Waals surface area (Å²) in [6.45, 7) is 3.74. The molecular weight excluding hydrogens is 571 g/mol. The molecule has 0 fully saturated rings. The molecule has 4 rings (SSSR count). The third kappa shape index (κ3) is 6.48. The molecule has 39 heavy (non-hydrogen) atoms. The summed E-state index contributed by atoms with van der Waals surface area (Å²) in [6, 6.07) is 14.1. The minimum absolute atomic E-state index is 0.101. The summed E-state index contributed by atoms with van der Waals surface area (Å²) in [5, 5.41) is 16.7. The predicted molar refractivity (Wildman–Crippen MR) is 150 cm³/mol. The van der Waals surface area contributed by atoms with Crippen molar-refractivity contribution < 1.29 is 18.8 Å². The standard InChI is InChI=1S/C28H26BrFN4O5/c1-3-5-10-26-32-23-12-11-20(29)15-21(23)28(35)33(26)31-16-18-13-24(34(36)37)27(25(14-18)38-4-2)39-17-19-8-6-7-9-22(19)30/h6-9,11-16H,3-5,10,17H2,1-2H3. The highest BCUT2D eigenvalue weighted by molar-refractivity contribution is 9.10. The van der Waals surface area contributed by atoms with Crippen molar-refractivity contribution in [2.45, 2.75) is 39.7 Å². The molecule has 0 aliphatic heterocycles. The van der Waals surface area contributed by atoms with Crippen LogP contribution in [0.4, 0.5) is 10.1 Å². The van der Waals surface area contributed by atoms with Crippen LogP contribution in [-0.4, -0.2) is 27.4 Å². The van der Waals surface area contributed by atoms with Gasteiger partial charge in [-0.25, -0.2) is 9.37 Å². The van der Waals surface area contributed by atoms with Crippen molar-refractivity contribution in [1.82, 2.24) is 9.66 Å². The van der Waals surface area contributed by atoms with E-state index in [1.165, 1.54) is 35.2 Å². The number of halogens is 2. The highest BCUT2D eigenvalue weighted by Gasteiger charge is 2.23. The van der Waals surface area contributed by atoms with Gasteiger partial charge in [-0.3, -0.25) is 14.9 Å². The molecule has 4 aromatic rings. The average Bonchev–Trinajstić information content (AvgIpc) is 2.92. The SMILES string of the molecule is CCCCc1nc2ccc(Br)cc2c(=O)n1N=Cc1cc(OCC)c(OCc2ccccc2F)c([N+](=O)[O-])c1. The second-order valence-electron chi connectivity index (χ2n) is 8.59. The number of nitrogens with zero attached hydrogens (tertiary/aromatic N) is 4. The van der Waals surface area contributed by atoms with Crippen LogP contribution < -0.4 is 15.0 Å². The fourth-order valence-corrected chi connectivity index (χ4v) is 4.29. The monoisotopic (exact) mass is 596 g/mol. The summed E-state index contributed by atoms with van der Waals surface area (Å²) in [7, 11) is 0. The van der Waals surface area contributed by atoms with Gasteiger partial charge in [-0.15, -0.1) is 0 Å². The van der Waals surface area contributed by atoms with Gasteiger partial charge in [0, 0.05) is 28.1 Å². The minimum atomic E-state index is -0.607. The van der Waals surface area contributed by atoms with E-state index in [1.54, 1.807) is 31.2 Å². The number of aryl methyl sites for hydroxylation is 1. The highest BCUT2D eigenvalue weighted by Crippen LogP contribution is 2.39. The van der Waals surface area contributed by atoms with Gasteiger partial charge in [0.05, 0.1) is 28.6 Å². The second-order valence-corrected chi connectivity index (χ2v) is 9.51. The zero-order valence-corrected chi connectivity index (χ0v) is 23.0. The minimum Gasteiger partial charge on any atom is -0.490 e. The van der Waals surface area contributed by atoms with Crippen molar-refractivity contribution in [1.29, 1.82) is 0 Å². The van der Waals surface area contributed by atoms with E-state index in [0.29, 0.717) is 28.7 Å².